The van der Waals surface area contributed by atoms with Crippen LogP contribution in [0.3, 0.4) is 0 Å². The number of hydrogen-bond donors (Lipinski definition) is 1. The molecule has 1 N–H and O–H groups in total. The lowest BCUT2D eigenvalue weighted by Gasteiger charge is -2.43. The number of pyridine rings is 1. The minimum absolute atomic E-state index is 0.0969. The molecule has 1 fully saturated rings. The molecule has 226 valence electrons. The van der Waals surface area contributed by atoms with Gasteiger partial charge in [-0.1, -0.05) is 37.6 Å². The van der Waals surface area contributed by atoms with Gasteiger partial charge in [0.15, 0.2) is 5.65 Å². The van der Waals surface area contributed by atoms with Crippen LogP contribution in [0, 0.1) is 12.7 Å². The van der Waals surface area contributed by atoms with Crippen LogP contribution in [0.25, 0.3) is 28.0 Å². The van der Waals surface area contributed by atoms with Crippen molar-refractivity contribution in [2.75, 3.05) is 37.0 Å². The second-order valence-electron chi connectivity index (χ2n) is 11.4. The Morgan fingerprint density at radius 2 is 1.79 bits per heavy atom. The highest BCUT2D eigenvalue weighted by molar-refractivity contribution is 6.33. The summed E-state index contributed by atoms with van der Waals surface area (Å²) in [6, 6.07) is 7.13. The third kappa shape index (κ3) is 5.35. The Hall–Kier alpha value is -4.32. The van der Waals surface area contributed by atoms with Gasteiger partial charge < -0.3 is 19.8 Å². The highest BCUT2D eigenvalue weighted by Gasteiger charge is 2.35. The van der Waals surface area contributed by atoms with E-state index in [1.54, 1.807) is 43.0 Å². The number of amides is 1. The molecule has 43 heavy (non-hydrogen) atoms. The van der Waals surface area contributed by atoms with E-state index in [0.29, 0.717) is 40.8 Å². The molecule has 0 aliphatic carbocycles. The smallest absolute Gasteiger partial charge is 0.407 e. The lowest BCUT2D eigenvalue weighted by atomic mass is 10.1. The van der Waals surface area contributed by atoms with Gasteiger partial charge in [-0.3, -0.25) is 0 Å². The zero-order valence-corrected chi connectivity index (χ0v) is 25.9. The predicted octanol–water partition coefficient (Wildman–Crippen LogP) is 5.11. The van der Waals surface area contributed by atoms with E-state index in [0.717, 1.165) is 0 Å². The standard InChI is InChI=1S/C30H34ClFN8O3/c1-15(2)23-25(18(5)33-28(35-23)37(6)7)40-27-20(12-21(31)24(34-27)19-10-8-9-11-22(19)32)26(36-29(40)41)38-13-17(4)39(30(42)43)14-16(38)3/h8-12,15-17H,13-14H2,1-7H3,(H,42,43)/t16-,17+/m0/s1. The number of benzene rings is 1. The largest absolute Gasteiger partial charge is 0.465 e. The van der Waals surface area contributed by atoms with Crippen LogP contribution in [0.2, 0.25) is 5.02 Å². The van der Waals surface area contributed by atoms with Crippen molar-refractivity contribution >= 4 is 40.5 Å². The number of halogens is 2. The molecule has 0 bridgehead atoms. The van der Waals surface area contributed by atoms with Gasteiger partial charge in [0.2, 0.25) is 5.95 Å². The summed E-state index contributed by atoms with van der Waals surface area (Å²) in [4.78, 5) is 49.8. The minimum atomic E-state index is -1.01. The Labute approximate surface area is 253 Å². The molecule has 1 amide bonds. The molecule has 13 heteroatoms. The second kappa shape index (κ2) is 11.4. The van der Waals surface area contributed by atoms with Crippen molar-refractivity contribution in [3.05, 3.63) is 63.0 Å². The predicted molar refractivity (Wildman–Crippen MR) is 165 cm³/mol. The van der Waals surface area contributed by atoms with Gasteiger partial charge in [0.05, 0.1) is 33.2 Å². The molecule has 3 aromatic heterocycles. The lowest BCUT2D eigenvalue weighted by molar-refractivity contribution is 0.114. The summed E-state index contributed by atoms with van der Waals surface area (Å²) in [7, 11) is 3.68. The molecular weight excluding hydrogens is 575 g/mol. The fourth-order valence-corrected chi connectivity index (χ4v) is 5.76. The molecule has 0 radical (unpaired) electrons. The molecule has 1 aromatic carbocycles. The fraction of sp³-hybridized carbons (Fsp3) is 0.400. The van der Waals surface area contributed by atoms with Crippen molar-refractivity contribution in [2.45, 2.75) is 52.6 Å². The Bertz CT molecular complexity index is 1790. The van der Waals surface area contributed by atoms with Crippen molar-refractivity contribution in [2.24, 2.45) is 0 Å². The molecule has 4 aromatic rings. The molecule has 1 saturated heterocycles. The van der Waals surface area contributed by atoms with E-state index in [2.05, 4.69) is 9.97 Å². The van der Waals surface area contributed by atoms with Crippen LogP contribution in [0.1, 0.15) is 45.0 Å². The Balaban J connectivity index is 1.86. The van der Waals surface area contributed by atoms with Crippen molar-refractivity contribution < 1.29 is 14.3 Å². The monoisotopic (exact) mass is 608 g/mol. The summed E-state index contributed by atoms with van der Waals surface area (Å²) < 4.78 is 16.4. The van der Waals surface area contributed by atoms with Crippen LogP contribution in [-0.2, 0) is 0 Å². The summed E-state index contributed by atoms with van der Waals surface area (Å²) in [6.07, 6.45) is -1.01. The molecular formula is C30H34ClFN8O3. The van der Waals surface area contributed by atoms with Gasteiger partial charge in [-0.25, -0.2) is 33.5 Å². The molecule has 0 saturated carbocycles. The summed E-state index contributed by atoms with van der Waals surface area (Å²) in [5.74, 6) is 0.212. The molecule has 2 atom stereocenters. The van der Waals surface area contributed by atoms with Crippen LogP contribution in [0.5, 0.6) is 0 Å². The maximum Gasteiger partial charge on any atom is 0.407 e. The average Bonchev–Trinajstić information content (AvgIpc) is 2.94. The number of rotatable bonds is 5. The Kier molecular flexibility index (Phi) is 7.99. The number of anilines is 2. The van der Waals surface area contributed by atoms with Crippen molar-refractivity contribution in [1.82, 2.24) is 29.4 Å². The fourth-order valence-electron chi connectivity index (χ4n) is 5.51. The highest BCUT2D eigenvalue weighted by atomic mass is 35.5. The van der Waals surface area contributed by atoms with E-state index in [4.69, 9.17) is 21.6 Å². The quantitative estimate of drug-likeness (QED) is 0.330. The van der Waals surface area contributed by atoms with Crippen molar-refractivity contribution in [3.63, 3.8) is 0 Å². The number of carbonyl (C=O) groups is 1. The van der Waals surface area contributed by atoms with E-state index in [-0.39, 0.29) is 46.5 Å². The molecule has 1 aliphatic heterocycles. The number of carboxylic acid groups (broad SMARTS) is 1. The van der Waals surface area contributed by atoms with Gasteiger partial charge in [0, 0.05) is 44.8 Å². The third-order valence-electron chi connectivity index (χ3n) is 7.68. The summed E-state index contributed by atoms with van der Waals surface area (Å²) in [5, 5.41) is 10.3. The van der Waals surface area contributed by atoms with E-state index < -0.39 is 17.6 Å². The van der Waals surface area contributed by atoms with Gasteiger partial charge in [-0.2, -0.15) is 4.98 Å². The first kappa shape index (κ1) is 30.1. The third-order valence-corrected chi connectivity index (χ3v) is 7.97. The summed E-state index contributed by atoms with van der Waals surface area (Å²) in [5.41, 5.74) is 1.55. The Morgan fingerprint density at radius 3 is 2.42 bits per heavy atom. The molecule has 0 unspecified atom stereocenters. The van der Waals surface area contributed by atoms with E-state index in [9.17, 15) is 14.7 Å². The maximum atomic E-state index is 15.0. The second-order valence-corrected chi connectivity index (χ2v) is 11.8. The number of hydrogen-bond acceptors (Lipinski definition) is 8. The van der Waals surface area contributed by atoms with Crippen LogP contribution in [-0.4, -0.2) is 79.9 Å². The SMILES string of the molecule is Cc1nc(N(C)C)nc(C(C)C)c1-n1c(=O)nc(N2C[C@@H](C)N(C(=O)O)C[C@@H]2C)c2cc(Cl)c(-c3ccccc3F)nc21. The zero-order chi connectivity index (χ0) is 31.3. The molecule has 1 aliphatic rings. The minimum Gasteiger partial charge on any atom is -0.465 e. The van der Waals surface area contributed by atoms with E-state index >= 15 is 4.39 Å². The first-order valence-electron chi connectivity index (χ1n) is 14.0. The van der Waals surface area contributed by atoms with Gasteiger partial charge in [0.1, 0.15) is 11.6 Å². The van der Waals surface area contributed by atoms with Crippen LogP contribution < -0.4 is 15.5 Å². The first-order valence-corrected chi connectivity index (χ1v) is 14.4. The topological polar surface area (TPSA) is 121 Å². The van der Waals surface area contributed by atoms with E-state index in [1.807, 2.05) is 39.8 Å². The number of aromatic nitrogens is 5. The van der Waals surface area contributed by atoms with Crippen LogP contribution >= 0.6 is 11.6 Å². The molecule has 0 spiro atoms. The van der Waals surface area contributed by atoms with Gasteiger partial charge in [0.25, 0.3) is 0 Å². The summed E-state index contributed by atoms with van der Waals surface area (Å²) in [6.45, 7) is 9.93. The van der Waals surface area contributed by atoms with Gasteiger partial charge in [-0.15, -0.1) is 0 Å². The van der Waals surface area contributed by atoms with Crippen LogP contribution in [0.4, 0.5) is 21.0 Å². The zero-order valence-electron chi connectivity index (χ0n) is 25.1. The Morgan fingerprint density at radius 1 is 1.09 bits per heavy atom. The number of aryl methyl sites for hydroxylation is 1. The number of nitrogens with zero attached hydrogens (tertiary/aromatic N) is 8. The molecule has 4 heterocycles. The van der Waals surface area contributed by atoms with E-state index in [1.165, 1.54) is 15.5 Å². The molecule has 11 nitrogen and oxygen atoms in total. The first-order chi connectivity index (χ1) is 20.3. The highest BCUT2D eigenvalue weighted by Crippen LogP contribution is 2.36. The van der Waals surface area contributed by atoms with Crippen molar-refractivity contribution in [3.8, 4) is 16.9 Å². The normalized spacial score (nSPS) is 17.2. The van der Waals surface area contributed by atoms with Crippen molar-refractivity contribution in [1.29, 1.82) is 0 Å². The van der Waals surface area contributed by atoms with Gasteiger partial charge in [-0.05, 0) is 44.9 Å². The maximum absolute atomic E-state index is 15.0. The lowest BCUT2D eigenvalue weighted by Crippen LogP contribution is -2.58. The van der Waals surface area contributed by atoms with Gasteiger partial charge >= 0.3 is 11.8 Å². The number of piperazine rings is 1. The van der Waals surface area contributed by atoms with Crippen LogP contribution in [0.15, 0.2) is 35.1 Å². The summed E-state index contributed by atoms with van der Waals surface area (Å²) >= 11 is 6.78. The molecule has 5 rings (SSSR count). The average molecular weight is 609 g/mol. The number of fused-ring (bicyclic) bond motifs is 1.